The van der Waals surface area contributed by atoms with Crippen molar-refractivity contribution < 1.29 is 0 Å². The number of aryl methyl sites for hydroxylation is 1. The first-order chi connectivity index (χ1) is 10.1. The molecule has 1 aliphatic heterocycles. The van der Waals surface area contributed by atoms with Crippen LogP contribution in [-0.4, -0.2) is 57.1 Å². The Morgan fingerprint density at radius 1 is 1.38 bits per heavy atom. The molecule has 0 amide bonds. The van der Waals surface area contributed by atoms with Gasteiger partial charge in [-0.1, -0.05) is 0 Å². The van der Waals surface area contributed by atoms with Gasteiger partial charge in [0.1, 0.15) is 5.82 Å². The molecule has 3 heterocycles. The van der Waals surface area contributed by atoms with E-state index in [9.17, 15) is 0 Å². The number of H-pyrrole nitrogens is 2. The molecule has 0 aliphatic carbocycles. The second kappa shape index (κ2) is 5.99. The Morgan fingerprint density at radius 3 is 2.95 bits per heavy atom. The van der Waals surface area contributed by atoms with Crippen LogP contribution >= 0.6 is 0 Å². The fraction of sp³-hybridized carbons (Fsp3) is 0.600. The lowest BCUT2D eigenvalue weighted by Gasteiger charge is -2.14. The van der Waals surface area contributed by atoms with E-state index in [1.165, 1.54) is 23.4 Å². The fourth-order valence-electron chi connectivity index (χ4n) is 2.98. The Balaban J connectivity index is 1.59. The van der Waals surface area contributed by atoms with E-state index < -0.39 is 0 Å². The molecular formula is C15H24N6. The monoisotopic (exact) mass is 288 g/mol. The minimum absolute atomic E-state index is 0.521. The van der Waals surface area contributed by atoms with Gasteiger partial charge in [0.2, 0.25) is 0 Å². The molecule has 1 saturated heterocycles. The van der Waals surface area contributed by atoms with Crippen molar-refractivity contribution in [3.8, 4) is 0 Å². The first-order valence-electron chi connectivity index (χ1n) is 7.51. The quantitative estimate of drug-likeness (QED) is 0.875. The molecule has 3 rings (SSSR count). The highest BCUT2D eigenvalue weighted by molar-refractivity contribution is 5.15. The van der Waals surface area contributed by atoms with E-state index in [0.717, 1.165) is 32.0 Å². The molecule has 21 heavy (non-hydrogen) atoms. The molecule has 1 atom stereocenters. The van der Waals surface area contributed by atoms with E-state index in [1.807, 2.05) is 12.4 Å². The third-order valence-corrected chi connectivity index (χ3v) is 4.12. The van der Waals surface area contributed by atoms with Crippen LogP contribution in [-0.2, 0) is 13.1 Å². The number of hydrogen-bond acceptors (Lipinski definition) is 4. The zero-order chi connectivity index (χ0) is 14.8. The predicted molar refractivity (Wildman–Crippen MR) is 81.9 cm³/mol. The fourth-order valence-corrected chi connectivity index (χ4v) is 2.98. The third kappa shape index (κ3) is 3.33. The highest BCUT2D eigenvalue weighted by atomic mass is 15.2. The van der Waals surface area contributed by atoms with Gasteiger partial charge in [-0.25, -0.2) is 4.98 Å². The van der Waals surface area contributed by atoms with Gasteiger partial charge in [0.25, 0.3) is 0 Å². The second-order valence-corrected chi connectivity index (χ2v) is 6.27. The molecule has 0 aromatic carbocycles. The van der Waals surface area contributed by atoms with Gasteiger partial charge >= 0.3 is 0 Å². The minimum atomic E-state index is 0.521. The van der Waals surface area contributed by atoms with Crippen molar-refractivity contribution in [3.63, 3.8) is 0 Å². The van der Waals surface area contributed by atoms with Crippen molar-refractivity contribution >= 4 is 0 Å². The summed E-state index contributed by atoms with van der Waals surface area (Å²) in [6.45, 7) is 6.16. The van der Waals surface area contributed by atoms with Gasteiger partial charge in [-0.2, -0.15) is 5.10 Å². The van der Waals surface area contributed by atoms with E-state index in [-0.39, 0.29) is 0 Å². The van der Waals surface area contributed by atoms with Crippen molar-refractivity contribution in [3.05, 3.63) is 35.2 Å². The Morgan fingerprint density at radius 2 is 2.24 bits per heavy atom. The zero-order valence-corrected chi connectivity index (χ0v) is 13.1. The number of nitrogens with one attached hydrogen (secondary N) is 2. The summed E-state index contributed by atoms with van der Waals surface area (Å²) in [4.78, 5) is 12.7. The van der Waals surface area contributed by atoms with Gasteiger partial charge in [0, 0.05) is 48.7 Å². The largest absolute Gasteiger partial charge is 0.345 e. The van der Waals surface area contributed by atoms with Crippen LogP contribution in [0.15, 0.2) is 12.4 Å². The van der Waals surface area contributed by atoms with Crippen molar-refractivity contribution in [2.75, 3.05) is 27.2 Å². The number of hydrogen-bond donors (Lipinski definition) is 2. The number of aromatic nitrogens is 4. The van der Waals surface area contributed by atoms with Crippen LogP contribution in [0.2, 0.25) is 0 Å². The number of imidazole rings is 1. The van der Waals surface area contributed by atoms with E-state index in [0.29, 0.717) is 5.92 Å². The maximum Gasteiger partial charge on any atom is 0.110 e. The Hall–Kier alpha value is -1.66. The Kier molecular flexibility index (Phi) is 4.07. The van der Waals surface area contributed by atoms with Gasteiger partial charge in [-0.05, 0) is 34.0 Å². The van der Waals surface area contributed by atoms with Crippen molar-refractivity contribution in [2.24, 2.45) is 0 Å². The van der Waals surface area contributed by atoms with Crippen LogP contribution < -0.4 is 0 Å². The van der Waals surface area contributed by atoms with Crippen molar-refractivity contribution in [1.82, 2.24) is 30.0 Å². The molecule has 2 aromatic heterocycles. The average Bonchev–Trinajstić information content (AvgIpc) is 3.12. The van der Waals surface area contributed by atoms with Gasteiger partial charge in [-0.15, -0.1) is 0 Å². The van der Waals surface area contributed by atoms with Gasteiger partial charge in [0.05, 0.1) is 6.20 Å². The van der Waals surface area contributed by atoms with E-state index in [4.69, 9.17) is 0 Å². The number of likely N-dealkylation sites (tertiary alicyclic amines) is 1. The van der Waals surface area contributed by atoms with E-state index >= 15 is 0 Å². The van der Waals surface area contributed by atoms with E-state index in [2.05, 4.69) is 51.0 Å². The molecule has 0 bridgehead atoms. The van der Waals surface area contributed by atoms with Crippen LogP contribution in [0.1, 0.15) is 35.1 Å². The highest BCUT2D eigenvalue weighted by Gasteiger charge is 2.26. The standard InChI is InChI=1S/C15H24N6/c1-11-13(6-17-19-11)9-21-5-4-12(8-21)15-16-7-14(18-15)10-20(2)3/h6-7,12H,4-5,8-10H2,1-3H3,(H,16,18)(H,17,19)/t12-/m0/s1. The molecule has 0 unspecified atom stereocenters. The molecule has 2 aromatic rings. The first-order valence-corrected chi connectivity index (χ1v) is 7.51. The maximum atomic E-state index is 4.57. The molecule has 1 fully saturated rings. The minimum Gasteiger partial charge on any atom is -0.345 e. The molecule has 6 nitrogen and oxygen atoms in total. The molecule has 1 aliphatic rings. The smallest absolute Gasteiger partial charge is 0.110 e. The summed E-state index contributed by atoms with van der Waals surface area (Å²) in [6, 6.07) is 0. The molecule has 0 spiro atoms. The van der Waals surface area contributed by atoms with Gasteiger partial charge in [0.15, 0.2) is 0 Å². The molecule has 6 heteroatoms. The summed E-state index contributed by atoms with van der Waals surface area (Å²) in [7, 11) is 4.15. The Labute approximate surface area is 125 Å². The zero-order valence-electron chi connectivity index (χ0n) is 13.1. The topological polar surface area (TPSA) is 63.8 Å². The number of nitrogens with zero attached hydrogens (tertiary/aromatic N) is 4. The van der Waals surface area contributed by atoms with Crippen LogP contribution in [0.5, 0.6) is 0 Å². The number of rotatable bonds is 5. The highest BCUT2D eigenvalue weighted by Crippen LogP contribution is 2.26. The summed E-state index contributed by atoms with van der Waals surface area (Å²) in [5, 5.41) is 7.10. The summed E-state index contributed by atoms with van der Waals surface area (Å²) in [5.74, 6) is 1.66. The van der Waals surface area contributed by atoms with Crippen LogP contribution in [0.25, 0.3) is 0 Å². The van der Waals surface area contributed by atoms with E-state index in [1.54, 1.807) is 0 Å². The lowest BCUT2D eigenvalue weighted by Crippen LogP contribution is -2.20. The van der Waals surface area contributed by atoms with Crippen molar-refractivity contribution in [1.29, 1.82) is 0 Å². The SMILES string of the molecule is Cc1[nH]ncc1CN1CC[C@H](c2ncc(CN(C)C)[nH]2)C1. The summed E-state index contributed by atoms with van der Waals surface area (Å²) >= 11 is 0. The van der Waals surface area contributed by atoms with Gasteiger partial charge < -0.3 is 9.88 Å². The summed E-state index contributed by atoms with van der Waals surface area (Å²) in [6.07, 6.45) is 5.08. The normalized spacial score (nSPS) is 19.7. The maximum absolute atomic E-state index is 4.57. The molecule has 0 saturated carbocycles. The first kappa shape index (κ1) is 14.3. The lowest BCUT2D eigenvalue weighted by molar-refractivity contribution is 0.325. The van der Waals surface area contributed by atoms with Crippen molar-refractivity contribution in [2.45, 2.75) is 32.4 Å². The van der Waals surface area contributed by atoms with Crippen LogP contribution in [0.4, 0.5) is 0 Å². The van der Waals surface area contributed by atoms with Crippen LogP contribution in [0, 0.1) is 6.92 Å². The van der Waals surface area contributed by atoms with Crippen LogP contribution in [0.3, 0.4) is 0 Å². The molecule has 0 radical (unpaired) electrons. The van der Waals surface area contributed by atoms with Gasteiger partial charge in [-0.3, -0.25) is 10.00 Å². The second-order valence-electron chi connectivity index (χ2n) is 6.27. The molecule has 114 valence electrons. The Bertz CT molecular complexity index is 585. The lowest BCUT2D eigenvalue weighted by atomic mass is 10.1. The summed E-state index contributed by atoms with van der Waals surface area (Å²) in [5.41, 5.74) is 3.66. The molecular weight excluding hydrogens is 264 g/mol. The molecule has 2 N–H and O–H groups in total. The average molecular weight is 288 g/mol. The summed E-state index contributed by atoms with van der Waals surface area (Å²) < 4.78 is 0. The predicted octanol–water partition coefficient (Wildman–Crippen LogP) is 1.49. The number of aromatic amines is 2. The third-order valence-electron chi connectivity index (χ3n) is 4.12.